The Hall–Kier alpha value is -3.82. The zero-order chi connectivity index (χ0) is 20.6. The summed E-state index contributed by atoms with van der Waals surface area (Å²) in [6.45, 7) is 1.62. The first-order valence-electron chi connectivity index (χ1n) is 8.44. The van der Waals surface area contributed by atoms with Crippen molar-refractivity contribution < 1.29 is 18.0 Å². The van der Waals surface area contributed by atoms with Crippen molar-refractivity contribution in [2.75, 3.05) is 5.32 Å². The Morgan fingerprint density at radius 3 is 2.66 bits per heavy atom. The number of anilines is 1. The maximum Gasteiger partial charge on any atom is 0.417 e. The van der Waals surface area contributed by atoms with Crippen LogP contribution in [0.25, 0.3) is 16.9 Å². The lowest BCUT2D eigenvalue weighted by Crippen LogP contribution is -2.14. The van der Waals surface area contributed by atoms with Crippen LogP contribution in [0, 0.1) is 6.92 Å². The summed E-state index contributed by atoms with van der Waals surface area (Å²) in [6, 6.07) is 8.08. The molecule has 1 amide bonds. The fourth-order valence-corrected chi connectivity index (χ4v) is 2.95. The van der Waals surface area contributed by atoms with Crippen LogP contribution in [0.3, 0.4) is 0 Å². The molecule has 0 aliphatic carbocycles. The highest BCUT2D eigenvalue weighted by Gasteiger charge is 2.33. The molecule has 0 radical (unpaired) electrons. The summed E-state index contributed by atoms with van der Waals surface area (Å²) in [5.74, 6) is -0.243. The van der Waals surface area contributed by atoms with Gasteiger partial charge in [-0.05, 0) is 25.1 Å². The van der Waals surface area contributed by atoms with E-state index in [0.717, 1.165) is 6.07 Å². The smallest absolute Gasteiger partial charge is 0.306 e. The average Bonchev–Trinajstić information content (AvgIpc) is 3.03. The van der Waals surface area contributed by atoms with Gasteiger partial charge in [-0.1, -0.05) is 18.2 Å². The largest absolute Gasteiger partial charge is 0.417 e. The van der Waals surface area contributed by atoms with Crippen molar-refractivity contribution in [1.29, 1.82) is 0 Å². The van der Waals surface area contributed by atoms with Crippen molar-refractivity contribution in [2.45, 2.75) is 13.1 Å². The van der Waals surface area contributed by atoms with Gasteiger partial charge in [0.2, 0.25) is 0 Å². The molecule has 0 aliphatic heterocycles. The number of nitrogens with one attached hydrogen (secondary N) is 1. The Kier molecular flexibility index (Phi) is 4.45. The van der Waals surface area contributed by atoms with Crippen LogP contribution in [0.4, 0.5) is 19.0 Å². The lowest BCUT2D eigenvalue weighted by molar-refractivity contribution is -0.137. The first kappa shape index (κ1) is 18.5. The molecule has 1 N–H and O–H groups in total. The first-order valence-corrected chi connectivity index (χ1v) is 8.44. The molecule has 3 aromatic heterocycles. The van der Waals surface area contributed by atoms with Crippen LogP contribution >= 0.6 is 0 Å². The molecule has 0 atom stereocenters. The molecule has 146 valence electrons. The molecule has 0 saturated carbocycles. The molecule has 10 heteroatoms. The van der Waals surface area contributed by atoms with E-state index in [0.29, 0.717) is 5.69 Å². The van der Waals surface area contributed by atoms with Gasteiger partial charge in [0.15, 0.2) is 5.65 Å². The summed E-state index contributed by atoms with van der Waals surface area (Å²) in [6.07, 6.45) is -0.313. The summed E-state index contributed by atoms with van der Waals surface area (Å²) in [5, 5.41) is 6.83. The Morgan fingerprint density at radius 1 is 1.14 bits per heavy atom. The summed E-state index contributed by atoms with van der Waals surface area (Å²) in [5.41, 5.74) is -0.131. The van der Waals surface area contributed by atoms with Crippen LogP contribution in [0.1, 0.15) is 21.6 Å². The van der Waals surface area contributed by atoms with Crippen LogP contribution in [0.2, 0.25) is 0 Å². The van der Waals surface area contributed by atoms with Crippen LogP contribution in [0.5, 0.6) is 0 Å². The third-order valence-electron chi connectivity index (χ3n) is 4.22. The minimum atomic E-state index is -4.53. The standard InChI is InChI=1S/C19H13F3N6O/c1-11-16(18(29)26-15-6-8-23-10-24-15)17-25-14(7-9-28(17)27-11)12-4-2-3-5-13(12)19(20,21)22/h2-10H,1H3,(H,23,24,26,29). The average molecular weight is 398 g/mol. The molecule has 4 rings (SSSR count). The molecule has 0 bridgehead atoms. The Morgan fingerprint density at radius 2 is 1.93 bits per heavy atom. The summed E-state index contributed by atoms with van der Waals surface area (Å²) in [7, 11) is 0. The van der Waals surface area contributed by atoms with Gasteiger partial charge in [-0.3, -0.25) is 4.79 Å². The number of rotatable bonds is 3. The third kappa shape index (κ3) is 3.51. The van der Waals surface area contributed by atoms with Crippen molar-refractivity contribution >= 4 is 17.4 Å². The monoisotopic (exact) mass is 398 g/mol. The number of aryl methyl sites for hydroxylation is 1. The number of nitrogens with zero attached hydrogens (tertiary/aromatic N) is 5. The van der Waals surface area contributed by atoms with Gasteiger partial charge in [-0.15, -0.1) is 0 Å². The molecular formula is C19H13F3N6O. The molecule has 0 saturated heterocycles. The zero-order valence-electron chi connectivity index (χ0n) is 15.0. The molecular weight excluding hydrogens is 385 g/mol. The minimum Gasteiger partial charge on any atom is -0.306 e. The highest BCUT2D eigenvalue weighted by molar-refractivity contribution is 6.08. The molecule has 29 heavy (non-hydrogen) atoms. The zero-order valence-corrected chi connectivity index (χ0v) is 15.0. The van der Waals surface area contributed by atoms with E-state index in [9.17, 15) is 18.0 Å². The lowest BCUT2D eigenvalue weighted by Gasteiger charge is -2.12. The predicted octanol–water partition coefficient (Wildman–Crippen LogP) is 3.77. The van der Waals surface area contributed by atoms with Gasteiger partial charge < -0.3 is 5.32 Å². The van der Waals surface area contributed by atoms with Crippen molar-refractivity contribution in [2.24, 2.45) is 0 Å². The van der Waals surface area contributed by atoms with Crippen molar-refractivity contribution in [3.63, 3.8) is 0 Å². The molecule has 0 fully saturated rings. The predicted molar refractivity (Wildman–Crippen MR) is 98.1 cm³/mol. The van der Waals surface area contributed by atoms with Crippen molar-refractivity contribution in [1.82, 2.24) is 24.6 Å². The number of amides is 1. The number of hydrogen-bond donors (Lipinski definition) is 1. The molecule has 0 spiro atoms. The topological polar surface area (TPSA) is 85.1 Å². The van der Waals surface area contributed by atoms with E-state index in [4.69, 9.17) is 0 Å². The van der Waals surface area contributed by atoms with Crippen LogP contribution in [-0.2, 0) is 6.18 Å². The Labute approximate surface area is 162 Å². The maximum atomic E-state index is 13.4. The van der Waals surface area contributed by atoms with Gasteiger partial charge in [0, 0.05) is 18.0 Å². The Bertz CT molecular complexity index is 1200. The first-order chi connectivity index (χ1) is 13.8. The highest BCUT2D eigenvalue weighted by atomic mass is 19.4. The summed E-state index contributed by atoms with van der Waals surface area (Å²) in [4.78, 5) is 24.7. The normalized spacial score (nSPS) is 11.6. The lowest BCUT2D eigenvalue weighted by atomic mass is 10.0. The van der Waals surface area contributed by atoms with Crippen molar-refractivity contribution in [3.05, 3.63) is 71.9 Å². The second-order valence-electron chi connectivity index (χ2n) is 6.13. The van der Waals surface area contributed by atoms with Gasteiger partial charge >= 0.3 is 6.18 Å². The highest BCUT2D eigenvalue weighted by Crippen LogP contribution is 2.36. The van der Waals surface area contributed by atoms with Crippen molar-refractivity contribution in [3.8, 4) is 11.3 Å². The summed E-state index contributed by atoms with van der Waals surface area (Å²) >= 11 is 0. The molecule has 1 aromatic carbocycles. The number of halogens is 3. The number of carbonyl (C=O) groups is 1. The number of benzene rings is 1. The van der Waals surface area contributed by atoms with Crippen LogP contribution in [-0.4, -0.2) is 30.5 Å². The van der Waals surface area contributed by atoms with Gasteiger partial charge in [0.05, 0.1) is 17.0 Å². The molecule has 0 aliphatic rings. The van der Waals surface area contributed by atoms with E-state index in [1.807, 2.05) is 0 Å². The number of fused-ring (bicyclic) bond motifs is 1. The van der Waals surface area contributed by atoms with Crippen LogP contribution < -0.4 is 5.32 Å². The SMILES string of the molecule is Cc1nn2ccc(-c3ccccc3C(F)(F)F)nc2c1C(=O)Nc1ccncn1. The van der Waals surface area contributed by atoms with E-state index in [-0.39, 0.29) is 28.3 Å². The maximum absolute atomic E-state index is 13.4. The van der Waals surface area contributed by atoms with Gasteiger partial charge in [-0.2, -0.15) is 18.3 Å². The fourth-order valence-electron chi connectivity index (χ4n) is 2.95. The number of alkyl halides is 3. The van der Waals surface area contributed by atoms with Crippen LogP contribution in [0.15, 0.2) is 55.1 Å². The molecule has 3 heterocycles. The fraction of sp³-hybridized carbons (Fsp3) is 0.105. The molecule has 4 aromatic rings. The number of aromatic nitrogens is 5. The van der Waals surface area contributed by atoms with E-state index in [1.54, 1.807) is 6.92 Å². The van der Waals surface area contributed by atoms with Gasteiger partial charge in [0.25, 0.3) is 5.91 Å². The van der Waals surface area contributed by atoms with E-state index < -0.39 is 17.6 Å². The number of hydrogen-bond acceptors (Lipinski definition) is 5. The van der Waals surface area contributed by atoms with E-state index in [2.05, 4.69) is 25.4 Å². The van der Waals surface area contributed by atoms with E-state index >= 15 is 0 Å². The minimum absolute atomic E-state index is 0.0801. The van der Waals surface area contributed by atoms with Gasteiger partial charge in [-0.25, -0.2) is 19.5 Å². The number of carbonyl (C=O) groups excluding carboxylic acids is 1. The molecule has 7 nitrogen and oxygen atoms in total. The summed E-state index contributed by atoms with van der Waals surface area (Å²) < 4.78 is 41.5. The third-order valence-corrected chi connectivity index (χ3v) is 4.22. The quantitative estimate of drug-likeness (QED) is 0.568. The molecule has 0 unspecified atom stereocenters. The van der Waals surface area contributed by atoms with E-state index in [1.165, 1.54) is 53.6 Å². The Balaban J connectivity index is 1.81. The second kappa shape index (κ2) is 6.97. The second-order valence-corrected chi connectivity index (χ2v) is 6.13. The van der Waals surface area contributed by atoms with Gasteiger partial charge in [0.1, 0.15) is 17.7 Å².